The molecule has 33 heavy (non-hydrogen) atoms. The molecule has 1 aliphatic carbocycles. The summed E-state index contributed by atoms with van der Waals surface area (Å²) < 4.78 is 41.0. The van der Waals surface area contributed by atoms with Crippen molar-refractivity contribution in [2.24, 2.45) is 5.41 Å². The second-order valence-corrected chi connectivity index (χ2v) is 9.54. The number of fused-ring (bicyclic) bond motifs is 2. The van der Waals surface area contributed by atoms with E-state index in [4.69, 9.17) is 4.55 Å². The first kappa shape index (κ1) is 23.0. The third-order valence-corrected chi connectivity index (χ3v) is 5.71. The van der Waals surface area contributed by atoms with Gasteiger partial charge in [-0.25, -0.2) is 9.07 Å². The quantitative estimate of drug-likeness (QED) is 0.447. The summed E-state index contributed by atoms with van der Waals surface area (Å²) in [6.45, 7) is 1.43. The molecular formula is C23H23FN4O4S. The molecule has 10 heteroatoms. The zero-order valence-corrected chi connectivity index (χ0v) is 18.7. The lowest BCUT2D eigenvalue weighted by molar-refractivity contribution is 0.0812. The van der Waals surface area contributed by atoms with Crippen LogP contribution in [0.5, 0.6) is 0 Å². The van der Waals surface area contributed by atoms with Crippen LogP contribution in [0.3, 0.4) is 0 Å². The van der Waals surface area contributed by atoms with Crippen molar-refractivity contribution >= 4 is 22.0 Å². The van der Waals surface area contributed by atoms with Gasteiger partial charge in [0.2, 0.25) is 0 Å². The molecule has 2 N–H and O–H groups in total. The van der Waals surface area contributed by atoms with Gasteiger partial charge in [-0.2, -0.15) is 13.5 Å². The van der Waals surface area contributed by atoms with Gasteiger partial charge in [-0.15, -0.1) is 0 Å². The Morgan fingerprint density at radius 3 is 2.61 bits per heavy atom. The first-order chi connectivity index (χ1) is 15.7. The first-order valence-corrected chi connectivity index (χ1v) is 12.2. The Kier molecular flexibility index (Phi) is 6.24. The lowest BCUT2D eigenvalue weighted by Crippen LogP contribution is -2.50. The van der Waals surface area contributed by atoms with Gasteiger partial charge in [-0.05, 0) is 67.4 Å². The maximum absolute atomic E-state index is 13.5. The monoisotopic (exact) mass is 470 g/mol. The average molecular weight is 471 g/mol. The number of nitrogens with one attached hydrogen (secondary N) is 1. The van der Waals surface area contributed by atoms with Crippen LogP contribution >= 0.6 is 0 Å². The molecule has 0 saturated carbocycles. The van der Waals surface area contributed by atoms with Crippen molar-refractivity contribution in [2.75, 3.05) is 19.3 Å². The van der Waals surface area contributed by atoms with Gasteiger partial charge >= 0.3 is 0 Å². The number of halogens is 1. The molecule has 1 atom stereocenters. The fraction of sp³-hybridized carbons (Fsp3) is 0.261. The van der Waals surface area contributed by atoms with Gasteiger partial charge in [-0.3, -0.25) is 14.3 Å². The standard InChI is InChI=1S/C22H19FN4O.CH4O3S/c23-17-4-6-18(7-5-17)27-20-11-16-8-10-24-14-22(16,12-15(20)13-26-27)21(28)19-3-1-2-9-25-19;1-5(2,3)4/h1-7,9,11,13,24H,8,10,12,14H2;1H3,(H,2,3,4)/t22-;/m0./s1. The smallest absolute Gasteiger partial charge is 0.261 e. The van der Waals surface area contributed by atoms with E-state index in [1.165, 1.54) is 12.1 Å². The molecule has 3 heterocycles. The third-order valence-electron chi connectivity index (χ3n) is 5.71. The van der Waals surface area contributed by atoms with Crippen molar-refractivity contribution < 1.29 is 22.2 Å². The molecule has 3 aromatic rings. The molecule has 172 valence electrons. The second-order valence-electron chi connectivity index (χ2n) is 8.08. The van der Waals surface area contributed by atoms with E-state index < -0.39 is 15.5 Å². The fourth-order valence-corrected chi connectivity index (χ4v) is 4.27. The van der Waals surface area contributed by atoms with Crippen molar-refractivity contribution in [2.45, 2.75) is 12.8 Å². The molecule has 2 aromatic heterocycles. The van der Waals surface area contributed by atoms with Gasteiger partial charge in [0, 0.05) is 12.7 Å². The van der Waals surface area contributed by atoms with E-state index in [2.05, 4.69) is 21.5 Å². The summed E-state index contributed by atoms with van der Waals surface area (Å²) in [5.74, 6) is -0.229. The number of rotatable bonds is 3. The summed E-state index contributed by atoms with van der Waals surface area (Å²) in [7, 11) is -3.67. The maximum atomic E-state index is 13.5. The minimum absolute atomic E-state index is 0.0479. The number of pyridine rings is 1. The highest BCUT2D eigenvalue weighted by Gasteiger charge is 2.47. The Morgan fingerprint density at radius 1 is 1.21 bits per heavy atom. The number of hydrogen-bond donors (Lipinski definition) is 2. The van der Waals surface area contributed by atoms with Gasteiger partial charge in [0.05, 0.1) is 29.2 Å². The molecule has 1 fully saturated rings. The topological polar surface area (TPSA) is 114 Å². The fourth-order valence-electron chi connectivity index (χ4n) is 4.27. The van der Waals surface area contributed by atoms with E-state index >= 15 is 0 Å². The van der Waals surface area contributed by atoms with Gasteiger partial charge in [-0.1, -0.05) is 11.6 Å². The average Bonchev–Trinajstić information content (AvgIpc) is 3.19. The van der Waals surface area contributed by atoms with E-state index in [0.717, 1.165) is 35.5 Å². The van der Waals surface area contributed by atoms with Crippen LogP contribution in [0.2, 0.25) is 0 Å². The van der Waals surface area contributed by atoms with Crippen molar-refractivity contribution in [1.29, 1.82) is 0 Å². The Balaban J connectivity index is 0.000000471. The summed E-state index contributed by atoms with van der Waals surface area (Å²) in [5.41, 5.74) is 3.76. The summed E-state index contributed by atoms with van der Waals surface area (Å²) in [6, 6.07) is 11.7. The molecule has 5 rings (SSSR count). The van der Waals surface area contributed by atoms with Gasteiger partial charge < -0.3 is 5.32 Å². The minimum Gasteiger partial charge on any atom is -0.315 e. The largest absolute Gasteiger partial charge is 0.315 e. The predicted octanol–water partition coefficient (Wildman–Crippen LogP) is 2.71. The summed E-state index contributed by atoms with van der Waals surface area (Å²) in [4.78, 5) is 17.8. The zero-order chi connectivity index (χ0) is 23.6. The summed E-state index contributed by atoms with van der Waals surface area (Å²) in [6.07, 6.45) is 7.66. The number of aromatic nitrogens is 3. The van der Waals surface area contributed by atoms with Crippen LogP contribution in [-0.2, 0) is 16.5 Å². The number of piperidine rings is 1. The SMILES string of the molecule is CS(=O)(=O)O.O=C(c1ccccn1)[C@@]12CNCCC1=Cc1c(cnn1-c1ccc(F)cc1)C2. The van der Waals surface area contributed by atoms with Crippen molar-refractivity contribution in [3.63, 3.8) is 0 Å². The van der Waals surface area contributed by atoms with Crippen molar-refractivity contribution in [3.05, 3.63) is 83.2 Å². The van der Waals surface area contributed by atoms with Crippen LogP contribution in [0.15, 0.2) is 60.4 Å². The van der Waals surface area contributed by atoms with Crippen LogP contribution in [0.4, 0.5) is 4.39 Å². The molecule has 8 nitrogen and oxygen atoms in total. The van der Waals surface area contributed by atoms with Crippen LogP contribution in [0.25, 0.3) is 11.8 Å². The lowest BCUT2D eigenvalue weighted by atomic mass is 9.65. The number of nitrogens with zero attached hydrogens (tertiary/aromatic N) is 3. The number of ketones is 1. The number of carbonyl (C=O) groups is 1. The Morgan fingerprint density at radius 2 is 1.94 bits per heavy atom. The summed E-state index contributed by atoms with van der Waals surface area (Å²) in [5, 5.41) is 7.91. The molecule has 0 bridgehead atoms. The molecule has 0 radical (unpaired) electrons. The number of benzene rings is 1. The molecular weight excluding hydrogens is 447 g/mol. The third kappa shape index (κ3) is 4.92. The molecule has 1 aliphatic heterocycles. The highest BCUT2D eigenvalue weighted by Crippen LogP contribution is 2.44. The molecule has 0 spiro atoms. The lowest BCUT2D eigenvalue weighted by Gasteiger charge is -2.41. The van der Waals surface area contributed by atoms with Crippen molar-refractivity contribution in [3.8, 4) is 5.69 Å². The summed E-state index contributed by atoms with van der Waals surface area (Å²) >= 11 is 0. The molecule has 0 unspecified atom stereocenters. The maximum Gasteiger partial charge on any atom is 0.261 e. The van der Waals surface area contributed by atoms with E-state index in [9.17, 15) is 17.6 Å². The molecule has 1 saturated heterocycles. The number of hydrogen-bond acceptors (Lipinski definition) is 6. The van der Waals surface area contributed by atoms with Gasteiger partial charge in [0.1, 0.15) is 11.5 Å². The molecule has 1 aromatic carbocycles. The zero-order valence-electron chi connectivity index (χ0n) is 17.9. The van der Waals surface area contributed by atoms with Crippen LogP contribution in [0.1, 0.15) is 28.2 Å². The van der Waals surface area contributed by atoms with E-state index in [0.29, 0.717) is 24.9 Å². The normalized spacial score (nSPS) is 19.4. The highest BCUT2D eigenvalue weighted by molar-refractivity contribution is 7.85. The van der Waals surface area contributed by atoms with E-state index in [1.807, 2.05) is 23.0 Å². The number of carbonyl (C=O) groups excluding carboxylic acids is 1. The van der Waals surface area contributed by atoms with Crippen LogP contribution < -0.4 is 5.32 Å². The van der Waals surface area contributed by atoms with Crippen LogP contribution in [0, 0.1) is 11.2 Å². The van der Waals surface area contributed by atoms with E-state index in [1.54, 1.807) is 24.4 Å². The van der Waals surface area contributed by atoms with Crippen molar-refractivity contribution in [1.82, 2.24) is 20.1 Å². The Hall–Kier alpha value is -3.21. The second kappa shape index (κ2) is 8.97. The highest BCUT2D eigenvalue weighted by atomic mass is 32.2. The Bertz CT molecular complexity index is 1300. The van der Waals surface area contributed by atoms with Crippen LogP contribution in [-0.4, -0.2) is 52.9 Å². The van der Waals surface area contributed by atoms with Gasteiger partial charge in [0.25, 0.3) is 10.1 Å². The first-order valence-electron chi connectivity index (χ1n) is 10.3. The number of Topliss-reactive ketones (excluding diaryl/α,β-unsaturated/α-hetero) is 1. The molecule has 2 aliphatic rings. The van der Waals surface area contributed by atoms with E-state index in [-0.39, 0.29) is 11.6 Å². The minimum atomic E-state index is -3.67. The predicted molar refractivity (Wildman–Crippen MR) is 121 cm³/mol. The van der Waals surface area contributed by atoms with Gasteiger partial charge in [0.15, 0.2) is 5.78 Å². The molecule has 0 amide bonds. The Labute approximate surface area is 190 Å².